The van der Waals surface area contributed by atoms with Crippen molar-refractivity contribution in [2.45, 2.75) is 13.0 Å². The van der Waals surface area contributed by atoms with Gasteiger partial charge < -0.3 is 9.64 Å². The number of esters is 1. The first-order valence-corrected chi connectivity index (χ1v) is 6.19. The minimum absolute atomic E-state index is 0.0109. The maximum absolute atomic E-state index is 13.3. The molecule has 1 fully saturated rings. The minimum Gasteiger partial charge on any atom is -0.469 e. The number of hydrogen-bond donors (Lipinski definition) is 0. The molecule has 1 aliphatic rings. The van der Waals surface area contributed by atoms with E-state index in [0.29, 0.717) is 5.56 Å². The Morgan fingerprint density at radius 1 is 1.58 bits per heavy atom. The molecule has 1 saturated heterocycles. The second-order valence-corrected chi connectivity index (χ2v) is 4.79. The lowest BCUT2D eigenvalue weighted by Crippen LogP contribution is -2.26. The molecule has 0 bridgehead atoms. The molecular formula is C13H13ClFNO3. The van der Waals surface area contributed by atoms with Gasteiger partial charge in [-0.1, -0.05) is 23.7 Å². The zero-order chi connectivity index (χ0) is 14.0. The number of hydrogen-bond acceptors (Lipinski definition) is 3. The summed E-state index contributed by atoms with van der Waals surface area (Å²) in [6.45, 7) is 0.473. The molecule has 1 amide bonds. The lowest BCUT2D eigenvalue weighted by Gasteiger charge is -2.17. The summed E-state index contributed by atoms with van der Waals surface area (Å²) in [5.41, 5.74) is 0.528. The smallest absolute Gasteiger partial charge is 0.310 e. The molecular weight excluding hydrogens is 273 g/mol. The van der Waals surface area contributed by atoms with E-state index in [9.17, 15) is 14.0 Å². The quantitative estimate of drug-likeness (QED) is 0.798. The first-order chi connectivity index (χ1) is 9.02. The Balaban J connectivity index is 2.10. The summed E-state index contributed by atoms with van der Waals surface area (Å²) in [5, 5.41) is 0.0109. The molecule has 102 valence electrons. The molecule has 4 nitrogen and oxygen atoms in total. The van der Waals surface area contributed by atoms with Crippen LogP contribution in [0.25, 0.3) is 0 Å². The van der Waals surface area contributed by atoms with E-state index in [1.807, 2.05) is 0 Å². The summed E-state index contributed by atoms with van der Waals surface area (Å²) in [4.78, 5) is 24.7. The Hall–Kier alpha value is -1.62. The predicted octanol–water partition coefficient (Wildman–Crippen LogP) is 2.00. The van der Waals surface area contributed by atoms with Crippen LogP contribution in [0, 0.1) is 11.7 Å². The number of halogens is 2. The van der Waals surface area contributed by atoms with Gasteiger partial charge in [-0.05, 0) is 11.6 Å². The third-order valence-corrected chi connectivity index (χ3v) is 3.57. The molecule has 0 radical (unpaired) electrons. The Morgan fingerprint density at radius 3 is 3.00 bits per heavy atom. The van der Waals surface area contributed by atoms with Crippen molar-refractivity contribution in [3.8, 4) is 0 Å². The summed E-state index contributed by atoms with van der Waals surface area (Å²) in [6, 6.07) is 4.45. The fourth-order valence-electron chi connectivity index (χ4n) is 2.13. The number of benzene rings is 1. The van der Waals surface area contributed by atoms with Crippen molar-refractivity contribution in [2.75, 3.05) is 13.7 Å². The zero-order valence-electron chi connectivity index (χ0n) is 10.4. The maximum atomic E-state index is 13.3. The second kappa shape index (κ2) is 5.57. The monoisotopic (exact) mass is 285 g/mol. The highest BCUT2D eigenvalue weighted by Gasteiger charge is 2.35. The molecule has 1 aromatic carbocycles. The third kappa shape index (κ3) is 2.87. The van der Waals surface area contributed by atoms with E-state index >= 15 is 0 Å². The topological polar surface area (TPSA) is 46.6 Å². The van der Waals surface area contributed by atoms with Crippen LogP contribution >= 0.6 is 11.6 Å². The molecule has 0 aromatic heterocycles. The van der Waals surface area contributed by atoms with E-state index in [-0.39, 0.29) is 30.4 Å². The first-order valence-electron chi connectivity index (χ1n) is 5.81. The van der Waals surface area contributed by atoms with Crippen molar-refractivity contribution in [1.29, 1.82) is 0 Å². The van der Waals surface area contributed by atoms with E-state index < -0.39 is 17.7 Å². The summed E-state index contributed by atoms with van der Waals surface area (Å²) in [7, 11) is 1.29. The lowest BCUT2D eigenvalue weighted by atomic mass is 10.1. The van der Waals surface area contributed by atoms with Gasteiger partial charge in [-0.2, -0.15) is 0 Å². The highest BCUT2D eigenvalue weighted by molar-refractivity contribution is 6.31. The van der Waals surface area contributed by atoms with Crippen molar-refractivity contribution in [3.05, 3.63) is 34.6 Å². The van der Waals surface area contributed by atoms with Crippen LogP contribution in [-0.4, -0.2) is 30.4 Å². The Kier molecular flexibility index (Phi) is 4.04. The van der Waals surface area contributed by atoms with Gasteiger partial charge in [-0.15, -0.1) is 0 Å². The number of methoxy groups -OCH3 is 1. The largest absolute Gasteiger partial charge is 0.469 e. The van der Waals surface area contributed by atoms with Crippen LogP contribution in [0.1, 0.15) is 12.0 Å². The molecule has 1 heterocycles. The molecule has 2 rings (SSSR count). The molecule has 0 N–H and O–H groups in total. The average molecular weight is 286 g/mol. The van der Waals surface area contributed by atoms with Crippen LogP contribution in [0.5, 0.6) is 0 Å². The van der Waals surface area contributed by atoms with Gasteiger partial charge in [0.05, 0.1) is 18.1 Å². The molecule has 0 saturated carbocycles. The van der Waals surface area contributed by atoms with E-state index in [1.54, 1.807) is 6.07 Å². The number of carbonyl (C=O) groups is 2. The second-order valence-electron chi connectivity index (χ2n) is 4.41. The summed E-state index contributed by atoms with van der Waals surface area (Å²) in [5.74, 6) is -1.53. The molecule has 1 unspecified atom stereocenters. The highest BCUT2D eigenvalue weighted by atomic mass is 35.5. The molecule has 6 heteroatoms. The van der Waals surface area contributed by atoms with Crippen LogP contribution in [0.4, 0.5) is 4.39 Å². The number of likely N-dealkylation sites (tertiary alicyclic amines) is 1. The third-order valence-electron chi connectivity index (χ3n) is 3.14. The number of rotatable bonds is 3. The summed E-state index contributed by atoms with van der Waals surface area (Å²) >= 11 is 5.84. The molecule has 1 aliphatic heterocycles. The van der Waals surface area contributed by atoms with Crippen molar-refractivity contribution in [3.63, 3.8) is 0 Å². The normalized spacial score (nSPS) is 18.8. The lowest BCUT2D eigenvalue weighted by molar-refractivity contribution is -0.145. The molecule has 1 atom stereocenters. The highest BCUT2D eigenvalue weighted by Crippen LogP contribution is 2.25. The van der Waals surface area contributed by atoms with Gasteiger partial charge >= 0.3 is 5.97 Å². The van der Waals surface area contributed by atoms with Crippen LogP contribution < -0.4 is 0 Å². The zero-order valence-corrected chi connectivity index (χ0v) is 11.1. The fraction of sp³-hybridized carbons (Fsp3) is 0.385. The van der Waals surface area contributed by atoms with Crippen molar-refractivity contribution >= 4 is 23.5 Å². The van der Waals surface area contributed by atoms with Crippen LogP contribution in [0.15, 0.2) is 18.2 Å². The SMILES string of the molecule is COC(=O)C1CC(=O)N(Cc2cccc(F)c2Cl)C1. The predicted molar refractivity (Wildman–Crippen MR) is 67.0 cm³/mol. The molecule has 0 aliphatic carbocycles. The Labute approximate surface area is 115 Å². The van der Waals surface area contributed by atoms with Gasteiger partial charge in [0.1, 0.15) is 5.82 Å². The van der Waals surface area contributed by atoms with Gasteiger partial charge in [0, 0.05) is 19.5 Å². The van der Waals surface area contributed by atoms with Gasteiger partial charge in [-0.25, -0.2) is 4.39 Å². The number of amides is 1. The summed E-state index contributed by atoms with van der Waals surface area (Å²) in [6.07, 6.45) is 0.125. The Morgan fingerprint density at radius 2 is 2.32 bits per heavy atom. The van der Waals surface area contributed by atoms with Gasteiger partial charge in [0.2, 0.25) is 5.91 Å². The molecule has 1 aromatic rings. The van der Waals surface area contributed by atoms with Crippen molar-refractivity contribution in [1.82, 2.24) is 4.90 Å². The average Bonchev–Trinajstić information content (AvgIpc) is 2.75. The molecule has 0 spiro atoms. The standard InChI is InChI=1S/C13H13ClFNO3/c1-19-13(18)9-5-11(17)16(7-9)6-8-3-2-4-10(15)12(8)14/h2-4,9H,5-7H2,1H3. The number of ether oxygens (including phenoxy) is 1. The van der Waals surface area contributed by atoms with Gasteiger partial charge in [-0.3, -0.25) is 9.59 Å². The minimum atomic E-state index is -0.518. The molecule has 19 heavy (non-hydrogen) atoms. The van der Waals surface area contributed by atoms with Crippen molar-refractivity contribution < 1.29 is 18.7 Å². The number of carbonyl (C=O) groups excluding carboxylic acids is 2. The van der Waals surface area contributed by atoms with E-state index in [0.717, 1.165) is 0 Å². The van der Waals surface area contributed by atoms with Crippen molar-refractivity contribution in [2.24, 2.45) is 5.92 Å². The fourth-order valence-corrected chi connectivity index (χ4v) is 2.31. The van der Waals surface area contributed by atoms with E-state index in [4.69, 9.17) is 11.6 Å². The van der Waals surface area contributed by atoms with Crippen LogP contribution in [-0.2, 0) is 20.9 Å². The number of nitrogens with zero attached hydrogens (tertiary/aromatic N) is 1. The van der Waals surface area contributed by atoms with Gasteiger partial charge in [0.15, 0.2) is 0 Å². The van der Waals surface area contributed by atoms with E-state index in [2.05, 4.69) is 4.74 Å². The van der Waals surface area contributed by atoms with Crippen LogP contribution in [0.2, 0.25) is 5.02 Å². The Bertz CT molecular complexity index is 521. The maximum Gasteiger partial charge on any atom is 0.310 e. The first kappa shape index (κ1) is 13.8. The van der Waals surface area contributed by atoms with Crippen LogP contribution in [0.3, 0.4) is 0 Å². The summed E-state index contributed by atoms with van der Waals surface area (Å²) < 4.78 is 17.9. The van der Waals surface area contributed by atoms with E-state index in [1.165, 1.54) is 24.1 Å². The van der Waals surface area contributed by atoms with Gasteiger partial charge in [0.25, 0.3) is 0 Å².